The van der Waals surface area contributed by atoms with Crippen LogP contribution >= 0.6 is 15.9 Å². The van der Waals surface area contributed by atoms with Crippen LogP contribution in [0.3, 0.4) is 0 Å². The van der Waals surface area contributed by atoms with Crippen molar-refractivity contribution in [1.29, 1.82) is 5.26 Å². The van der Waals surface area contributed by atoms with Gasteiger partial charge in [0.25, 0.3) is 0 Å². The Morgan fingerprint density at radius 2 is 2.00 bits per heavy atom. The smallest absolute Gasteiger partial charge is 0.159 e. The van der Waals surface area contributed by atoms with Gasteiger partial charge >= 0.3 is 0 Å². The molecule has 0 saturated heterocycles. The molecule has 5 heteroatoms. The third-order valence-electron chi connectivity index (χ3n) is 4.58. The number of halogens is 1. The van der Waals surface area contributed by atoms with Gasteiger partial charge in [0.05, 0.1) is 23.2 Å². The quantitative estimate of drug-likeness (QED) is 0.642. The van der Waals surface area contributed by atoms with E-state index in [1.165, 1.54) is 0 Å². The summed E-state index contributed by atoms with van der Waals surface area (Å²) in [6, 6.07) is 14.1. The van der Waals surface area contributed by atoms with Crippen molar-refractivity contribution >= 4 is 26.8 Å². The van der Waals surface area contributed by atoms with Gasteiger partial charge < -0.3 is 4.57 Å². The van der Waals surface area contributed by atoms with Crippen LogP contribution in [0.5, 0.6) is 0 Å². The van der Waals surface area contributed by atoms with E-state index in [1.54, 1.807) is 0 Å². The van der Waals surface area contributed by atoms with E-state index in [0.29, 0.717) is 5.56 Å². The Balaban J connectivity index is 2.24. The molecule has 0 aliphatic heterocycles. The summed E-state index contributed by atoms with van der Waals surface area (Å²) in [5.41, 5.74) is 4.53. The maximum atomic E-state index is 9.25. The van der Waals surface area contributed by atoms with Crippen molar-refractivity contribution < 1.29 is 0 Å². The normalized spacial score (nSPS) is 13.0. The van der Waals surface area contributed by atoms with Gasteiger partial charge in [0.1, 0.15) is 5.82 Å². The van der Waals surface area contributed by atoms with Gasteiger partial charge in [0.15, 0.2) is 5.49 Å². The standard InChI is InChI=1S/C20H19BrN4/c1-12-15(11-22)6-5-7-17(12)13(2)23-20-18-10-16(21)8-9-19(18)25(4)14(3)24-20/h5-10,13H,1-4H3/b23-20-. The molecule has 1 aromatic heterocycles. The van der Waals surface area contributed by atoms with Gasteiger partial charge in [-0.1, -0.05) is 28.1 Å². The molecule has 0 aliphatic rings. The summed E-state index contributed by atoms with van der Waals surface area (Å²) in [6.45, 7) is 5.99. The first-order valence-corrected chi connectivity index (χ1v) is 8.88. The largest absolute Gasteiger partial charge is 0.332 e. The molecule has 4 nitrogen and oxygen atoms in total. The van der Waals surface area contributed by atoms with Crippen LogP contribution < -0.4 is 5.49 Å². The number of hydrogen-bond acceptors (Lipinski definition) is 3. The first-order valence-electron chi connectivity index (χ1n) is 8.08. The minimum Gasteiger partial charge on any atom is -0.332 e. The van der Waals surface area contributed by atoms with Crippen LogP contribution in [-0.4, -0.2) is 9.55 Å². The summed E-state index contributed by atoms with van der Waals surface area (Å²) >= 11 is 3.54. The van der Waals surface area contributed by atoms with E-state index in [0.717, 1.165) is 37.8 Å². The van der Waals surface area contributed by atoms with Crippen molar-refractivity contribution in [2.45, 2.75) is 26.8 Å². The van der Waals surface area contributed by atoms with Crippen LogP contribution in [0.15, 0.2) is 45.9 Å². The third-order valence-corrected chi connectivity index (χ3v) is 5.07. The number of benzene rings is 2. The second-order valence-corrected chi connectivity index (χ2v) is 7.06. The number of nitrogens with zero attached hydrogens (tertiary/aromatic N) is 4. The average Bonchev–Trinajstić information content (AvgIpc) is 2.59. The van der Waals surface area contributed by atoms with Gasteiger partial charge in [-0.25, -0.2) is 4.98 Å². The monoisotopic (exact) mass is 394 g/mol. The molecule has 25 heavy (non-hydrogen) atoms. The zero-order valence-corrected chi connectivity index (χ0v) is 16.3. The van der Waals surface area contributed by atoms with Crippen LogP contribution in [0.1, 0.15) is 35.5 Å². The van der Waals surface area contributed by atoms with Gasteiger partial charge in [-0.2, -0.15) is 5.26 Å². The molecule has 0 fully saturated rings. The number of fused-ring (bicyclic) bond motifs is 1. The van der Waals surface area contributed by atoms with E-state index >= 15 is 0 Å². The van der Waals surface area contributed by atoms with Gasteiger partial charge in [-0.3, -0.25) is 4.99 Å². The van der Waals surface area contributed by atoms with Crippen LogP contribution in [0.25, 0.3) is 10.9 Å². The van der Waals surface area contributed by atoms with Crippen molar-refractivity contribution in [3.63, 3.8) is 0 Å². The zero-order chi connectivity index (χ0) is 18.1. The third kappa shape index (κ3) is 3.22. The van der Waals surface area contributed by atoms with Gasteiger partial charge in [0, 0.05) is 16.9 Å². The van der Waals surface area contributed by atoms with Crippen molar-refractivity contribution in [1.82, 2.24) is 9.55 Å². The fraction of sp³-hybridized carbons (Fsp3) is 0.250. The Bertz CT molecular complexity index is 1070. The highest BCUT2D eigenvalue weighted by Gasteiger charge is 2.11. The minimum absolute atomic E-state index is 0.0879. The maximum absolute atomic E-state index is 9.25. The fourth-order valence-corrected chi connectivity index (χ4v) is 3.38. The zero-order valence-electron chi connectivity index (χ0n) is 14.7. The molecule has 0 spiro atoms. The van der Waals surface area contributed by atoms with Crippen molar-refractivity contribution in [2.24, 2.45) is 12.0 Å². The lowest BCUT2D eigenvalue weighted by atomic mass is 9.98. The molecule has 0 bridgehead atoms. The van der Waals surface area contributed by atoms with E-state index in [1.807, 2.05) is 58.2 Å². The highest BCUT2D eigenvalue weighted by atomic mass is 79.9. The molecule has 3 aromatic rings. The van der Waals surface area contributed by atoms with E-state index < -0.39 is 0 Å². The van der Waals surface area contributed by atoms with Gasteiger partial charge in [0.2, 0.25) is 0 Å². The summed E-state index contributed by atoms with van der Waals surface area (Å²) < 4.78 is 3.06. The predicted octanol–water partition coefficient (Wildman–Crippen LogP) is 4.49. The fourth-order valence-electron chi connectivity index (χ4n) is 3.02. The minimum atomic E-state index is -0.0879. The lowest BCUT2D eigenvalue weighted by molar-refractivity contribution is 0.754. The molecule has 0 radical (unpaired) electrons. The molecule has 0 saturated carbocycles. The number of nitriles is 1. The van der Waals surface area contributed by atoms with E-state index in [-0.39, 0.29) is 6.04 Å². The Morgan fingerprint density at radius 3 is 2.72 bits per heavy atom. The predicted molar refractivity (Wildman–Crippen MR) is 103 cm³/mol. The second kappa shape index (κ2) is 6.81. The molecule has 0 aliphatic carbocycles. The molecule has 1 atom stereocenters. The molecule has 0 amide bonds. The lowest BCUT2D eigenvalue weighted by Crippen LogP contribution is -2.17. The van der Waals surface area contributed by atoms with E-state index in [2.05, 4.69) is 32.6 Å². The summed E-state index contributed by atoms with van der Waals surface area (Å²) in [6.07, 6.45) is 0. The van der Waals surface area contributed by atoms with Crippen molar-refractivity contribution in [2.75, 3.05) is 0 Å². The van der Waals surface area contributed by atoms with E-state index in [9.17, 15) is 5.26 Å². The molecular weight excluding hydrogens is 376 g/mol. The number of aromatic nitrogens is 2. The highest BCUT2D eigenvalue weighted by Crippen LogP contribution is 2.23. The molecule has 126 valence electrons. The summed E-state index contributed by atoms with van der Waals surface area (Å²) in [4.78, 5) is 9.57. The highest BCUT2D eigenvalue weighted by molar-refractivity contribution is 9.10. The molecule has 1 unspecified atom stereocenters. The van der Waals surface area contributed by atoms with Crippen molar-refractivity contribution in [3.8, 4) is 6.07 Å². The maximum Gasteiger partial charge on any atom is 0.159 e. The Morgan fingerprint density at radius 1 is 1.24 bits per heavy atom. The summed E-state index contributed by atoms with van der Waals surface area (Å²) in [5, 5.41) is 10.3. The number of hydrogen-bond donors (Lipinski definition) is 0. The van der Waals surface area contributed by atoms with Crippen LogP contribution in [0.2, 0.25) is 0 Å². The SMILES string of the molecule is Cc1c(C#N)cccc1C(C)/N=c1\nc(C)n(C)c2ccc(Br)cc12. The molecule has 1 heterocycles. The number of rotatable bonds is 2. The van der Waals surface area contributed by atoms with Crippen LogP contribution in [0, 0.1) is 25.2 Å². The Kier molecular flexibility index (Phi) is 4.73. The van der Waals surface area contributed by atoms with Crippen LogP contribution in [-0.2, 0) is 7.05 Å². The van der Waals surface area contributed by atoms with Gasteiger partial charge in [-0.05, 0) is 56.2 Å². The molecule has 0 N–H and O–H groups in total. The molecular formula is C20H19BrN4. The van der Waals surface area contributed by atoms with Gasteiger partial charge in [-0.15, -0.1) is 0 Å². The van der Waals surface area contributed by atoms with E-state index in [4.69, 9.17) is 9.98 Å². The summed E-state index contributed by atoms with van der Waals surface area (Å²) in [5.74, 6) is 0.906. The topological polar surface area (TPSA) is 54.0 Å². The first kappa shape index (κ1) is 17.4. The Labute approximate surface area is 155 Å². The van der Waals surface area contributed by atoms with Crippen molar-refractivity contribution in [3.05, 3.63) is 68.9 Å². The Hall–Kier alpha value is -2.45. The molecule has 3 rings (SSSR count). The number of aryl methyl sites for hydroxylation is 2. The average molecular weight is 395 g/mol. The lowest BCUT2D eigenvalue weighted by Gasteiger charge is -2.13. The molecule has 2 aromatic carbocycles. The first-order chi connectivity index (χ1) is 11.9. The van der Waals surface area contributed by atoms with Crippen LogP contribution in [0.4, 0.5) is 0 Å². The summed E-state index contributed by atoms with van der Waals surface area (Å²) in [7, 11) is 2.01. The second-order valence-electron chi connectivity index (χ2n) is 6.14.